The number of nitrogens with one attached hydrogen (secondary N) is 1. The molecular weight excluding hydrogens is 232 g/mol. The first-order valence-electron chi connectivity index (χ1n) is 6.97. The van der Waals surface area contributed by atoms with Gasteiger partial charge >= 0.3 is 0 Å². The predicted octanol–water partition coefficient (Wildman–Crippen LogP) is 2.89. The highest BCUT2D eigenvalue weighted by Gasteiger charge is 2.16. The second-order valence-electron chi connectivity index (χ2n) is 5.22. The zero-order valence-electron chi connectivity index (χ0n) is 11.1. The summed E-state index contributed by atoms with van der Waals surface area (Å²) >= 11 is 0. The molecule has 98 valence electrons. The molecule has 0 spiro atoms. The molecule has 0 bridgehead atoms. The molecule has 0 aliphatic carbocycles. The minimum Gasteiger partial charge on any atom is -0.326 e. The lowest BCUT2D eigenvalue weighted by molar-refractivity contribution is 0.763. The summed E-state index contributed by atoms with van der Waals surface area (Å²) in [6.45, 7) is 2.85. The van der Waals surface area contributed by atoms with Gasteiger partial charge in [0.05, 0.1) is 0 Å². The summed E-state index contributed by atoms with van der Waals surface area (Å²) in [7, 11) is 0. The Morgan fingerprint density at radius 3 is 2.58 bits per heavy atom. The first-order valence-corrected chi connectivity index (χ1v) is 6.97. The van der Waals surface area contributed by atoms with Crippen molar-refractivity contribution in [1.82, 2.24) is 5.32 Å². The third-order valence-corrected chi connectivity index (χ3v) is 3.94. The molecule has 1 fully saturated rings. The number of rotatable bonds is 3. The van der Waals surface area contributed by atoms with E-state index in [2.05, 4.69) is 53.8 Å². The van der Waals surface area contributed by atoms with Gasteiger partial charge in [0.15, 0.2) is 0 Å². The van der Waals surface area contributed by atoms with E-state index < -0.39 is 0 Å². The summed E-state index contributed by atoms with van der Waals surface area (Å²) in [5, 5.41) is 3.42. The second-order valence-corrected chi connectivity index (χ2v) is 5.22. The van der Waals surface area contributed by atoms with E-state index in [1.807, 2.05) is 0 Å². The maximum absolute atomic E-state index is 5.70. The van der Waals surface area contributed by atoms with Crippen LogP contribution >= 0.6 is 0 Å². The highest BCUT2D eigenvalue weighted by molar-refractivity contribution is 5.64. The van der Waals surface area contributed by atoms with Crippen LogP contribution in [0.15, 0.2) is 48.5 Å². The van der Waals surface area contributed by atoms with Crippen molar-refractivity contribution >= 4 is 0 Å². The van der Waals surface area contributed by atoms with Crippen LogP contribution < -0.4 is 11.1 Å². The lowest BCUT2D eigenvalue weighted by Crippen LogP contribution is -2.07. The fourth-order valence-corrected chi connectivity index (χ4v) is 2.76. The Kier molecular flexibility index (Phi) is 3.62. The van der Waals surface area contributed by atoms with Crippen molar-refractivity contribution in [2.45, 2.75) is 18.9 Å². The van der Waals surface area contributed by atoms with E-state index in [9.17, 15) is 0 Å². The van der Waals surface area contributed by atoms with Crippen molar-refractivity contribution in [3.8, 4) is 11.1 Å². The lowest BCUT2D eigenvalue weighted by atomic mass is 9.95. The van der Waals surface area contributed by atoms with Gasteiger partial charge in [0.2, 0.25) is 0 Å². The zero-order valence-corrected chi connectivity index (χ0v) is 11.1. The molecule has 3 rings (SSSR count). The minimum absolute atomic E-state index is 0.597. The highest BCUT2D eigenvalue weighted by Crippen LogP contribution is 2.26. The Bertz CT molecular complexity index is 539. The van der Waals surface area contributed by atoms with Gasteiger partial charge in [-0.1, -0.05) is 42.5 Å². The van der Waals surface area contributed by atoms with E-state index in [0.717, 1.165) is 13.1 Å². The summed E-state index contributed by atoms with van der Waals surface area (Å²) in [4.78, 5) is 0. The molecule has 1 aliphatic rings. The standard InChI is InChI=1S/C17H20N2/c18-11-13-2-1-3-16(10-13)14-4-6-15(7-5-14)17-8-9-19-12-17/h1-7,10,17,19H,8-9,11-12,18H2. The lowest BCUT2D eigenvalue weighted by Gasteiger charge is -2.10. The van der Waals surface area contributed by atoms with Gasteiger partial charge in [-0.2, -0.15) is 0 Å². The van der Waals surface area contributed by atoms with Gasteiger partial charge in [0.1, 0.15) is 0 Å². The molecule has 0 radical (unpaired) electrons. The smallest absolute Gasteiger partial charge is 0.0178 e. The van der Waals surface area contributed by atoms with Crippen LogP contribution in [-0.4, -0.2) is 13.1 Å². The maximum atomic E-state index is 5.70. The summed E-state index contributed by atoms with van der Waals surface area (Å²) in [5.41, 5.74) is 10.8. The Labute approximate surface area is 114 Å². The van der Waals surface area contributed by atoms with Crippen LogP contribution in [0.4, 0.5) is 0 Å². The fraction of sp³-hybridized carbons (Fsp3) is 0.294. The van der Waals surface area contributed by atoms with E-state index in [1.54, 1.807) is 0 Å². The van der Waals surface area contributed by atoms with Crippen LogP contribution in [0.1, 0.15) is 23.5 Å². The molecule has 0 saturated carbocycles. The van der Waals surface area contributed by atoms with Crippen LogP contribution in [0.3, 0.4) is 0 Å². The highest BCUT2D eigenvalue weighted by atomic mass is 14.9. The number of benzene rings is 2. The molecule has 1 unspecified atom stereocenters. The monoisotopic (exact) mass is 252 g/mol. The van der Waals surface area contributed by atoms with Crippen LogP contribution in [-0.2, 0) is 6.54 Å². The molecule has 0 aromatic heterocycles. The van der Waals surface area contributed by atoms with Gasteiger partial charge in [-0.15, -0.1) is 0 Å². The molecule has 19 heavy (non-hydrogen) atoms. The van der Waals surface area contributed by atoms with E-state index in [4.69, 9.17) is 5.73 Å². The zero-order chi connectivity index (χ0) is 13.1. The number of nitrogens with two attached hydrogens (primary N) is 1. The third kappa shape index (κ3) is 2.70. The predicted molar refractivity (Wildman–Crippen MR) is 80.0 cm³/mol. The van der Waals surface area contributed by atoms with Crippen LogP contribution in [0.25, 0.3) is 11.1 Å². The maximum Gasteiger partial charge on any atom is 0.0178 e. The Balaban J connectivity index is 1.84. The third-order valence-electron chi connectivity index (χ3n) is 3.94. The quantitative estimate of drug-likeness (QED) is 0.881. The van der Waals surface area contributed by atoms with Crippen LogP contribution in [0, 0.1) is 0 Å². The minimum atomic E-state index is 0.597. The van der Waals surface area contributed by atoms with Gasteiger partial charge in [-0.3, -0.25) is 0 Å². The molecule has 1 atom stereocenters. The van der Waals surface area contributed by atoms with E-state index >= 15 is 0 Å². The average molecular weight is 252 g/mol. The van der Waals surface area contributed by atoms with Gasteiger partial charge < -0.3 is 11.1 Å². The van der Waals surface area contributed by atoms with Crippen LogP contribution in [0.5, 0.6) is 0 Å². The molecule has 1 aliphatic heterocycles. The molecule has 3 N–H and O–H groups in total. The molecule has 1 heterocycles. The average Bonchev–Trinajstić information content (AvgIpc) is 3.02. The molecule has 2 aromatic carbocycles. The van der Waals surface area contributed by atoms with Gasteiger partial charge in [0.25, 0.3) is 0 Å². The summed E-state index contributed by atoms with van der Waals surface area (Å²) in [6, 6.07) is 17.4. The summed E-state index contributed by atoms with van der Waals surface area (Å²) < 4.78 is 0. The Morgan fingerprint density at radius 1 is 1.05 bits per heavy atom. The van der Waals surface area contributed by atoms with Crippen molar-refractivity contribution in [3.63, 3.8) is 0 Å². The van der Waals surface area contributed by atoms with Gasteiger partial charge in [-0.25, -0.2) is 0 Å². The SMILES string of the molecule is NCc1cccc(-c2ccc(C3CCNC3)cc2)c1. The van der Waals surface area contributed by atoms with Crippen molar-refractivity contribution in [1.29, 1.82) is 0 Å². The molecular formula is C17H20N2. The Hall–Kier alpha value is -1.64. The summed E-state index contributed by atoms with van der Waals surface area (Å²) in [5.74, 6) is 0.685. The Morgan fingerprint density at radius 2 is 1.89 bits per heavy atom. The number of hydrogen-bond acceptors (Lipinski definition) is 2. The fourth-order valence-electron chi connectivity index (χ4n) is 2.76. The molecule has 2 heteroatoms. The van der Waals surface area contributed by atoms with Crippen molar-refractivity contribution < 1.29 is 0 Å². The molecule has 2 aromatic rings. The first kappa shape index (κ1) is 12.4. The summed E-state index contributed by atoms with van der Waals surface area (Å²) in [6.07, 6.45) is 1.25. The first-order chi connectivity index (χ1) is 9.36. The normalized spacial score (nSPS) is 18.7. The molecule has 1 saturated heterocycles. The van der Waals surface area contributed by atoms with Crippen molar-refractivity contribution in [2.75, 3.05) is 13.1 Å². The molecule has 2 nitrogen and oxygen atoms in total. The van der Waals surface area contributed by atoms with E-state index in [0.29, 0.717) is 12.5 Å². The largest absolute Gasteiger partial charge is 0.326 e. The van der Waals surface area contributed by atoms with Gasteiger partial charge in [-0.05, 0) is 47.2 Å². The number of hydrogen-bond donors (Lipinski definition) is 2. The van der Waals surface area contributed by atoms with Crippen LogP contribution in [0.2, 0.25) is 0 Å². The van der Waals surface area contributed by atoms with E-state index in [-0.39, 0.29) is 0 Å². The second kappa shape index (κ2) is 5.55. The van der Waals surface area contributed by atoms with Gasteiger partial charge in [0, 0.05) is 13.1 Å². The van der Waals surface area contributed by atoms with E-state index in [1.165, 1.54) is 28.7 Å². The van der Waals surface area contributed by atoms with Crippen molar-refractivity contribution in [2.24, 2.45) is 5.73 Å². The molecule has 0 amide bonds. The van der Waals surface area contributed by atoms with Crippen molar-refractivity contribution in [3.05, 3.63) is 59.7 Å². The topological polar surface area (TPSA) is 38.0 Å².